The zero-order chi connectivity index (χ0) is 84.9. The zero-order valence-electron chi connectivity index (χ0n) is 71.2. The van der Waals surface area contributed by atoms with Crippen LogP contribution in [0.2, 0.25) is 0 Å². The van der Waals surface area contributed by atoms with Gasteiger partial charge in [0.25, 0.3) is 10.2 Å². The minimum atomic E-state index is -4.91. The van der Waals surface area contributed by atoms with Gasteiger partial charge in [0.2, 0.25) is 28.7 Å². The molecule has 6 aliphatic carbocycles. The first-order chi connectivity index (χ1) is 56.3. The number of halogens is 5. The van der Waals surface area contributed by atoms with Crippen molar-refractivity contribution in [2.24, 2.45) is 57.2 Å². The van der Waals surface area contributed by atoms with Gasteiger partial charge in [0.15, 0.2) is 5.12 Å². The van der Waals surface area contributed by atoms with E-state index in [-0.39, 0.29) is 78.9 Å². The number of amides is 4. The summed E-state index contributed by atoms with van der Waals surface area (Å²) in [4.78, 5) is 105. The molecule has 6 aliphatic rings. The highest BCUT2D eigenvalue weighted by Gasteiger charge is 2.46. The standard InChI is InChI=1S/2C27H39NO2S.C21H28F3NO2S.C21H29F2NO2S/c2*1-3-21(4-2)20-27(18-12-7-13-19-27)26(30)28-23-16-10-11-17-24(23)31-25(29)22-14-8-5-6-9-15-22;1-3-15(4-2)14-20(12-8-5-9-13-20)18(26)25-16-10-6-7-11-17(16)28-19(27)21(22,23)24;1-3-15(4-2)14-21(12-8-5-9-13-21)20(26)24-16-10-6-7-11-17(16)27-19(25)18(22)23/h8,10-11,14,16-17,21-22H,3-7,9,12-13,15,18-20H2,1-2H3,(H,28,30);5,8,10-11,16-17,21-22H,3-4,6-7,9,12-15,18-20H2,1-2H3,(H,28,30);6-7,10-11,15H,3-5,8-9,12-14H2,1-2H3,(H,25,26);6-7,10-11,15,18H,3-5,8-9,12-14H2,1-2H3,(H,24,26). The Bertz CT molecular complexity index is 3830. The van der Waals surface area contributed by atoms with Crippen LogP contribution in [0.3, 0.4) is 0 Å². The SMILES string of the molecule is CCC(CC)CC1(C(=O)Nc2ccccc2SC(=O)C(F)(F)F)CCCCC1.CCC(CC)CC1(C(=O)Nc2ccccc2SC(=O)C(F)F)CCCCC1.CCC(CC)CC1(C(=O)Nc2ccccc2SC(=O)C2C=CCCCC2)CCCCC1.CCC(CC)CC1(C(=O)Nc2ccccc2SC(=O)C2CC=CCCC2)CCCCC1. The number of rotatable bonds is 31. The van der Waals surface area contributed by atoms with E-state index in [1.54, 1.807) is 42.5 Å². The number of hydrogen-bond acceptors (Lipinski definition) is 12. The highest BCUT2D eigenvalue weighted by Crippen LogP contribution is 2.50. The van der Waals surface area contributed by atoms with Gasteiger partial charge in [-0.2, -0.15) is 13.2 Å². The average molecular weight is 1700 g/mol. The van der Waals surface area contributed by atoms with E-state index >= 15 is 0 Å². The molecule has 4 fully saturated rings. The summed E-state index contributed by atoms with van der Waals surface area (Å²) >= 11 is 3.19. The van der Waals surface area contributed by atoms with Crippen LogP contribution in [0, 0.1) is 57.2 Å². The normalized spacial score (nSPS) is 18.9. The lowest BCUT2D eigenvalue weighted by atomic mass is 9.67. The lowest BCUT2D eigenvalue weighted by molar-refractivity contribution is -0.160. The van der Waals surface area contributed by atoms with Crippen LogP contribution >= 0.6 is 47.0 Å². The monoisotopic (exact) mass is 1690 g/mol. The predicted molar refractivity (Wildman–Crippen MR) is 475 cm³/mol. The molecule has 117 heavy (non-hydrogen) atoms. The molecule has 21 heteroatoms. The summed E-state index contributed by atoms with van der Waals surface area (Å²) in [6.07, 6.45) is 41.5. The molecular formula is C96H135F5N4O8S4. The summed E-state index contributed by atoms with van der Waals surface area (Å²) in [6, 6.07) is 28.5. The van der Waals surface area contributed by atoms with Crippen molar-refractivity contribution >= 4 is 114 Å². The minimum absolute atomic E-state index is 0.0178. The first-order valence-corrected chi connectivity index (χ1v) is 47.7. The van der Waals surface area contributed by atoms with Crippen LogP contribution in [0.4, 0.5) is 44.7 Å². The molecule has 646 valence electrons. The van der Waals surface area contributed by atoms with Crippen LogP contribution in [-0.4, -0.2) is 56.7 Å². The van der Waals surface area contributed by atoms with E-state index < -0.39 is 33.7 Å². The van der Waals surface area contributed by atoms with Crippen molar-refractivity contribution < 1.29 is 60.3 Å². The van der Waals surface area contributed by atoms with Crippen LogP contribution in [0.15, 0.2) is 141 Å². The van der Waals surface area contributed by atoms with Gasteiger partial charge in [0.05, 0.1) is 22.7 Å². The number of benzene rings is 4. The molecule has 0 heterocycles. The van der Waals surface area contributed by atoms with Gasteiger partial charge >= 0.3 is 12.6 Å². The Morgan fingerprint density at radius 2 is 0.675 bits per heavy atom. The fraction of sp³-hybridized carbons (Fsp3) is 0.625. The molecule has 4 amide bonds. The van der Waals surface area contributed by atoms with Gasteiger partial charge in [-0.25, -0.2) is 8.78 Å². The maximum absolute atomic E-state index is 13.6. The maximum atomic E-state index is 13.6. The molecule has 4 aromatic rings. The zero-order valence-corrected chi connectivity index (χ0v) is 74.4. The van der Waals surface area contributed by atoms with Gasteiger partial charge in [-0.1, -0.05) is 263 Å². The van der Waals surface area contributed by atoms with Crippen molar-refractivity contribution in [1.82, 2.24) is 0 Å². The van der Waals surface area contributed by atoms with E-state index in [1.165, 1.54) is 42.4 Å². The van der Waals surface area contributed by atoms with Gasteiger partial charge in [0, 0.05) is 53.1 Å². The van der Waals surface area contributed by atoms with Crippen molar-refractivity contribution in [1.29, 1.82) is 0 Å². The lowest BCUT2D eigenvalue weighted by Gasteiger charge is -2.38. The Morgan fingerprint density at radius 1 is 0.368 bits per heavy atom. The molecule has 4 aromatic carbocycles. The molecule has 0 spiro atoms. The van der Waals surface area contributed by atoms with Crippen LogP contribution in [0.1, 0.15) is 312 Å². The van der Waals surface area contributed by atoms with Crippen LogP contribution in [0.25, 0.3) is 0 Å². The van der Waals surface area contributed by atoms with E-state index in [0.29, 0.717) is 46.0 Å². The Kier molecular flexibility index (Phi) is 42.2. The Hall–Kier alpha value is -6.03. The summed E-state index contributed by atoms with van der Waals surface area (Å²) in [5, 5.41) is 9.66. The second-order valence-corrected chi connectivity index (χ2v) is 38.0. The third-order valence-corrected chi connectivity index (χ3v) is 30.1. The summed E-state index contributed by atoms with van der Waals surface area (Å²) in [5.41, 5.74) is 0.882. The summed E-state index contributed by atoms with van der Waals surface area (Å²) in [5.74, 6) is 2.35. The van der Waals surface area contributed by atoms with Crippen LogP contribution < -0.4 is 21.3 Å². The smallest absolute Gasteiger partial charge is 0.325 e. The Labute approximate surface area is 713 Å². The highest BCUT2D eigenvalue weighted by atomic mass is 32.2. The van der Waals surface area contributed by atoms with Gasteiger partial charge in [0.1, 0.15) is 0 Å². The molecular weight excluding hydrogens is 1560 g/mol. The number of allylic oxidation sites excluding steroid dienone is 4. The van der Waals surface area contributed by atoms with Gasteiger partial charge in [-0.3, -0.25) is 38.4 Å². The quantitative estimate of drug-likeness (QED) is 0.0213. The number of anilines is 4. The summed E-state index contributed by atoms with van der Waals surface area (Å²) in [7, 11) is 0. The van der Waals surface area contributed by atoms with E-state index in [1.807, 2.05) is 48.5 Å². The fourth-order valence-electron chi connectivity index (χ4n) is 18.2. The van der Waals surface area contributed by atoms with E-state index in [9.17, 15) is 60.3 Å². The van der Waals surface area contributed by atoms with Gasteiger partial charge < -0.3 is 21.3 Å². The molecule has 0 bridgehead atoms. The molecule has 0 radical (unpaired) electrons. The van der Waals surface area contributed by atoms with Crippen LogP contribution in [0.5, 0.6) is 0 Å². The number of para-hydroxylation sites is 4. The molecule has 0 aromatic heterocycles. The largest absolute Gasteiger partial charge is 0.461 e. The minimum Gasteiger partial charge on any atom is -0.325 e. The first kappa shape index (κ1) is 98.1. The van der Waals surface area contributed by atoms with Gasteiger partial charge in [-0.05, 0) is 241 Å². The molecule has 2 atom stereocenters. The average Bonchev–Trinajstić information content (AvgIpc) is 0.958. The second kappa shape index (κ2) is 50.4. The molecule has 12 nitrogen and oxygen atoms in total. The number of alkyl halides is 5. The molecule has 4 saturated carbocycles. The second-order valence-electron chi connectivity index (χ2n) is 33.8. The van der Waals surface area contributed by atoms with Crippen molar-refractivity contribution in [3.05, 3.63) is 121 Å². The Balaban J connectivity index is 0.000000216. The maximum Gasteiger partial charge on any atom is 0.461 e. The van der Waals surface area contributed by atoms with Gasteiger partial charge in [-0.15, -0.1) is 0 Å². The number of carbonyl (C=O) groups is 8. The molecule has 0 aliphatic heterocycles. The molecule has 10 rings (SSSR count). The molecule has 4 N–H and O–H groups in total. The lowest BCUT2D eigenvalue weighted by Crippen LogP contribution is -2.39. The van der Waals surface area contributed by atoms with E-state index in [2.05, 4.69) is 101 Å². The number of hydrogen-bond donors (Lipinski definition) is 4. The third kappa shape index (κ3) is 30.2. The fourth-order valence-corrected chi connectivity index (χ4v) is 21.5. The van der Waals surface area contributed by atoms with Crippen molar-refractivity contribution in [3.63, 3.8) is 0 Å². The first-order valence-electron chi connectivity index (χ1n) is 44.4. The van der Waals surface area contributed by atoms with Crippen LogP contribution in [-0.2, 0) is 38.4 Å². The van der Waals surface area contributed by atoms with E-state index in [0.717, 1.165) is 265 Å². The summed E-state index contributed by atoms with van der Waals surface area (Å²) < 4.78 is 63.2. The van der Waals surface area contributed by atoms with Crippen molar-refractivity contribution in [3.8, 4) is 0 Å². The third-order valence-electron chi connectivity index (χ3n) is 25.9. The molecule has 2 unspecified atom stereocenters. The topological polar surface area (TPSA) is 185 Å². The molecule has 0 saturated heterocycles. The number of nitrogens with one attached hydrogen (secondary N) is 4. The summed E-state index contributed by atoms with van der Waals surface area (Å²) in [6.45, 7) is 17.5. The number of carbonyl (C=O) groups excluding carboxylic acids is 8. The highest BCUT2D eigenvalue weighted by molar-refractivity contribution is 8.14. The Morgan fingerprint density at radius 3 is 1.00 bits per heavy atom. The number of thioether (sulfide) groups is 4. The van der Waals surface area contributed by atoms with Crippen molar-refractivity contribution in [2.75, 3.05) is 21.3 Å². The predicted octanol–water partition coefficient (Wildman–Crippen LogP) is 28.4. The van der Waals surface area contributed by atoms with E-state index in [4.69, 9.17) is 0 Å². The van der Waals surface area contributed by atoms with Crippen molar-refractivity contribution in [2.45, 2.75) is 344 Å².